The third kappa shape index (κ3) is 55.1. The molecule has 0 radical (unpaired) electrons. The molecule has 0 aliphatic rings. The molecule has 0 fully saturated rings. The normalized spacial score (nSPS) is 6.00. The van der Waals surface area contributed by atoms with Crippen molar-refractivity contribution in [2.24, 2.45) is 0 Å². The molecule has 4 heteroatoms. The van der Waals surface area contributed by atoms with E-state index in [9.17, 15) is 0 Å². The van der Waals surface area contributed by atoms with E-state index in [4.69, 9.17) is 9.47 Å². The highest BCUT2D eigenvalue weighted by atomic mass is 16.5. The van der Waals surface area contributed by atoms with Crippen molar-refractivity contribution in [1.29, 1.82) is 0 Å². The first-order chi connectivity index (χ1) is 16.9. The van der Waals surface area contributed by atoms with E-state index < -0.39 is 0 Å². The van der Waals surface area contributed by atoms with Crippen molar-refractivity contribution in [3.05, 3.63) is 85.5 Å². The van der Waals surface area contributed by atoms with Crippen LogP contribution in [0.5, 0.6) is 11.5 Å². The maximum atomic E-state index is 5.01. The van der Waals surface area contributed by atoms with Gasteiger partial charge in [0.15, 0.2) is 11.5 Å². The zero-order valence-corrected chi connectivity index (χ0v) is 24.8. The molecule has 1 aromatic carbocycles. The monoisotopic (exact) mass is 525 g/mol. The number of hydrogen-bond donors (Lipinski definition) is 0. The van der Waals surface area contributed by atoms with Crippen LogP contribution in [0.15, 0.2) is 85.5 Å². The fourth-order valence-corrected chi connectivity index (χ4v) is 1.41. The smallest absolute Gasteiger partial charge is 0.160 e. The summed E-state index contributed by atoms with van der Waals surface area (Å²) in [5.74, 6) is 1.54. The summed E-state index contributed by atoms with van der Waals surface area (Å²) in [6, 6.07) is 19.0. The molecule has 2 heterocycles. The zero-order valence-electron chi connectivity index (χ0n) is 24.8. The van der Waals surface area contributed by atoms with Gasteiger partial charge in [-0.1, -0.05) is 130 Å². The van der Waals surface area contributed by atoms with Crippen LogP contribution in [-0.4, -0.2) is 24.2 Å². The van der Waals surface area contributed by atoms with E-state index >= 15 is 0 Å². The number of rotatable bonds is 2. The van der Waals surface area contributed by atoms with Crippen LogP contribution in [0.4, 0.5) is 0 Å². The van der Waals surface area contributed by atoms with Gasteiger partial charge in [-0.2, -0.15) is 0 Å². The first-order valence-corrected chi connectivity index (χ1v) is 12.8. The predicted molar refractivity (Wildman–Crippen MR) is 176 cm³/mol. The molecule has 0 saturated heterocycles. The van der Waals surface area contributed by atoms with Crippen LogP contribution in [0.1, 0.15) is 105 Å². The van der Waals surface area contributed by atoms with E-state index in [2.05, 4.69) is 9.97 Å². The average molecular weight is 525 g/mol. The number of methoxy groups -OCH3 is 2. The molecule has 222 valence electrons. The van der Waals surface area contributed by atoms with Crippen LogP contribution in [0, 0.1) is 0 Å². The van der Waals surface area contributed by atoms with Crippen molar-refractivity contribution in [1.82, 2.24) is 9.97 Å². The zero-order chi connectivity index (χ0) is 27.9. The molecule has 0 saturated carbocycles. The minimum absolute atomic E-state index is 0. The Morgan fingerprint density at radius 3 is 0.703 bits per heavy atom. The fourth-order valence-electron chi connectivity index (χ4n) is 1.41. The van der Waals surface area contributed by atoms with E-state index in [1.54, 1.807) is 39.0 Å². The van der Waals surface area contributed by atoms with Crippen LogP contribution < -0.4 is 9.47 Å². The molecule has 0 atom stereocenters. The highest BCUT2D eigenvalue weighted by molar-refractivity contribution is 5.39. The quantitative estimate of drug-likeness (QED) is 0.334. The Bertz CT molecular complexity index is 485. The third-order valence-electron chi connectivity index (χ3n) is 2.42. The van der Waals surface area contributed by atoms with Crippen LogP contribution in [0.3, 0.4) is 0 Å². The van der Waals surface area contributed by atoms with Gasteiger partial charge in [-0.3, -0.25) is 9.97 Å². The molecule has 0 N–H and O–H groups in total. The Kier molecular flexibility index (Phi) is 123. The van der Waals surface area contributed by atoms with Gasteiger partial charge in [0.2, 0.25) is 0 Å². The van der Waals surface area contributed by atoms with Gasteiger partial charge in [-0.25, -0.2) is 0 Å². The molecule has 3 rings (SSSR count). The van der Waals surface area contributed by atoms with Crippen LogP contribution in [0.25, 0.3) is 0 Å². The van der Waals surface area contributed by atoms with Crippen LogP contribution in [0.2, 0.25) is 0 Å². The maximum Gasteiger partial charge on any atom is 0.160 e. The van der Waals surface area contributed by atoms with Gasteiger partial charge >= 0.3 is 0 Å². The highest BCUT2D eigenvalue weighted by Gasteiger charge is 1.97. The number of aromatic nitrogens is 2. The number of benzene rings is 1. The van der Waals surface area contributed by atoms with Crippen molar-refractivity contribution in [2.75, 3.05) is 14.2 Å². The van der Waals surface area contributed by atoms with Crippen molar-refractivity contribution >= 4 is 0 Å². The van der Waals surface area contributed by atoms with Gasteiger partial charge in [0.05, 0.1) is 14.2 Å². The lowest BCUT2D eigenvalue weighted by Gasteiger charge is -2.04. The highest BCUT2D eigenvalue weighted by Crippen LogP contribution is 2.24. The Morgan fingerprint density at radius 1 is 0.378 bits per heavy atom. The molecule has 0 amide bonds. The summed E-state index contributed by atoms with van der Waals surface area (Å²) in [5.41, 5.74) is 0. The largest absolute Gasteiger partial charge is 0.493 e. The van der Waals surface area contributed by atoms with E-state index in [1.807, 2.05) is 144 Å². The van der Waals surface area contributed by atoms with Crippen molar-refractivity contribution in [3.63, 3.8) is 0 Å². The Morgan fingerprint density at radius 2 is 0.595 bits per heavy atom. The lowest BCUT2D eigenvalue weighted by molar-refractivity contribution is 0.355. The van der Waals surface area contributed by atoms with E-state index in [-0.39, 0.29) is 22.3 Å². The number of nitrogens with zero attached hydrogens (tertiary/aromatic N) is 2. The van der Waals surface area contributed by atoms with Crippen LogP contribution in [-0.2, 0) is 0 Å². The maximum absolute atomic E-state index is 5.01. The molecule has 0 bridgehead atoms. The van der Waals surface area contributed by atoms with Gasteiger partial charge in [-0.15, -0.1) is 0 Å². The Balaban J connectivity index is -0.0000000372. The summed E-state index contributed by atoms with van der Waals surface area (Å²) in [5, 5.41) is 0. The summed E-state index contributed by atoms with van der Waals surface area (Å²) in [6.45, 7) is 24.0. The third-order valence-corrected chi connectivity index (χ3v) is 2.42. The molecule has 3 aromatic rings. The first kappa shape index (κ1) is 59.3. The lowest BCUT2D eigenvalue weighted by atomic mass is 10.3. The first-order valence-electron chi connectivity index (χ1n) is 12.8. The number of pyridine rings is 2. The second kappa shape index (κ2) is 76.6. The van der Waals surface area contributed by atoms with Crippen molar-refractivity contribution in [2.45, 2.75) is 105 Å². The molecular formula is C33H68N2O2. The van der Waals surface area contributed by atoms with Crippen molar-refractivity contribution < 1.29 is 9.47 Å². The minimum atomic E-state index is 0. The summed E-state index contributed by atoms with van der Waals surface area (Å²) >= 11 is 0. The molecule has 2 aromatic heterocycles. The number of para-hydroxylation sites is 2. The van der Waals surface area contributed by atoms with E-state index in [0.717, 1.165) is 11.5 Å². The molecule has 0 spiro atoms. The second-order valence-electron chi connectivity index (χ2n) is 3.90. The molecule has 0 aliphatic carbocycles. The van der Waals surface area contributed by atoms with E-state index in [1.165, 1.54) is 0 Å². The Hall–Kier alpha value is -2.88. The molecule has 0 unspecified atom stereocenters. The topological polar surface area (TPSA) is 44.2 Å². The molecule has 0 aliphatic heterocycles. The van der Waals surface area contributed by atoms with Gasteiger partial charge in [-0.05, 0) is 36.4 Å². The standard InChI is InChI=1S/C8H10O2.2C5H5N.6C2H6.3CH4/c1-9-7-5-3-4-6-8(7)10-2;2*1-2-4-6-5-3-1;6*1-2;;;/h3-6H,1-2H3;2*1-5H;6*1-2H3;3*1H4. The molecule has 4 nitrogen and oxygen atoms in total. The Labute approximate surface area is 235 Å². The number of hydrogen-bond acceptors (Lipinski definition) is 4. The predicted octanol–water partition coefficient (Wildman–Crippen LogP) is 11.9. The fraction of sp³-hybridized carbons (Fsp3) is 0.515. The van der Waals surface area contributed by atoms with Gasteiger partial charge in [0.25, 0.3) is 0 Å². The summed E-state index contributed by atoms with van der Waals surface area (Å²) in [6.07, 6.45) is 7.00. The minimum Gasteiger partial charge on any atom is -0.493 e. The summed E-state index contributed by atoms with van der Waals surface area (Å²) in [7, 11) is 3.25. The molecular weight excluding hydrogens is 456 g/mol. The SMILES string of the molecule is C.C.C.CC.CC.CC.CC.CC.CC.COc1ccccc1OC.c1ccncc1.c1ccncc1. The molecule has 37 heavy (non-hydrogen) atoms. The second-order valence-corrected chi connectivity index (χ2v) is 3.90. The summed E-state index contributed by atoms with van der Waals surface area (Å²) < 4.78 is 10.0. The lowest BCUT2D eigenvalue weighted by Crippen LogP contribution is -1.88. The number of ether oxygens (including phenoxy) is 2. The van der Waals surface area contributed by atoms with Gasteiger partial charge < -0.3 is 9.47 Å². The average Bonchev–Trinajstić information content (AvgIpc) is 3.01. The van der Waals surface area contributed by atoms with Crippen LogP contribution >= 0.6 is 0 Å². The van der Waals surface area contributed by atoms with Crippen molar-refractivity contribution in [3.8, 4) is 11.5 Å². The summed E-state index contributed by atoms with van der Waals surface area (Å²) in [4.78, 5) is 7.57. The van der Waals surface area contributed by atoms with Gasteiger partial charge in [0, 0.05) is 24.8 Å². The van der Waals surface area contributed by atoms with Gasteiger partial charge in [0.1, 0.15) is 0 Å². The van der Waals surface area contributed by atoms with E-state index in [0.29, 0.717) is 0 Å².